The summed E-state index contributed by atoms with van der Waals surface area (Å²) in [6, 6.07) is 0.00912. The zero-order valence-corrected chi connectivity index (χ0v) is 10.4. The molecule has 5 heteroatoms. The molecule has 0 bridgehead atoms. The Labute approximate surface area is 95.2 Å². The SMILES string of the molecule is CCn1ncc(OC)c1C(N)CCSC. The lowest BCUT2D eigenvalue weighted by molar-refractivity contribution is 0.400. The molecule has 0 saturated carbocycles. The van der Waals surface area contributed by atoms with Gasteiger partial charge in [-0.1, -0.05) is 0 Å². The van der Waals surface area contributed by atoms with Crippen LogP contribution >= 0.6 is 11.8 Å². The van der Waals surface area contributed by atoms with E-state index >= 15 is 0 Å². The molecule has 0 amide bonds. The van der Waals surface area contributed by atoms with Crippen molar-refractivity contribution < 1.29 is 4.74 Å². The van der Waals surface area contributed by atoms with E-state index in [2.05, 4.69) is 18.3 Å². The van der Waals surface area contributed by atoms with Gasteiger partial charge in [-0.2, -0.15) is 16.9 Å². The quantitative estimate of drug-likeness (QED) is 0.806. The van der Waals surface area contributed by atoms with Crippen LogP contribution in [0.5, 0.6) is 5.75 Å². The van der Waals surface area contributed by atoms with Crippen molar-refractivity contribution in [2.24, 2.45) is 5.73 Å². The number of nitrogens with two attached hydrogens (primary N) is 1. The van der Waals surface area contributed by atoms with Crippen LogP contribution in [0.25, 0.3) is 0 Å². The van der Waals surface area contributed by atoms with Gasteiger partial charge in [0.1, 0.15) is 0 Å². The van der Waals surface area contributed by atoms with Crippen LogP contribution in [-0.2, 0) is 6.54 Å². The van der Waals surface area contributed by atoms with Gasteiger partial charge in [-0.05, 0) is 25.4 Å². The van der Waals surface area contributed by atoms with Gasteiger partial charge >= 0.3 is 0 Å². The van der Waals surface area contributed by atoms with Crippen molar-refractivity contribution in [2.75, 3.05) is 19.1 Å². The maximum Gasteiger partial charge on any atom is 0.161 e. The number of thioether (sulfide) groups is 1. The lowest BCUT2D eigenvalue weighted by Gasteiger charge is -2.14. The Balaban J connectivity index is 2.83. The smallest absolute Gasteiger partial charge is 0.161 e. The predicted octanol–water partition coefficient (Wildman–Crippen LogP) is 1.66. The number of methoxy groups -OCH3 is 1. The summed E-state index contributed by atoms with van der Waals surface area (Å²) in [7, 11) is 1.65. The van der Waals surface area contributed by atoms with Crippen LogP contribution in [0.3, 0.4) is 0 Å². The number of nitrogens with zero attached hydrogens (tertiary/aromatic N) is 2. The van der Waals surface area contributed by atoms with Crippen LogP contribution < -0.4 is 10.5 Å². The molecule has 1 rings (SSSR count). The fourth-order valence-corrected chi connectivity index (χ4v) is 2.03. The summed E-state index contributed by atoms with van der Waals surface area (Å²) in [5, 5.41) is 4.24. The third kappa shape index (κ3) is 2.89. The first-order chi connectivity index (χ1) is 7.24. The number of rotatable bonds is 6. The summed E-state index contributed by atoms with van der Waals surface area (Å²) in [5.41, 5.74) is 7.13. The Morgan fingerprint density at radius 3 is 2.93 bits per heavy atom. The molecule has 1 aromatic rings. The zero-order valence-electron chi connectivity index (χ0n) is 9.56. The Morgan fingerprint density at radius 1 is 1.67 bits per heavy atom. The van der Waals surface area contributed by atoms with E-state index in [0.717, 1.165) is 30.2 Å². The Hall–Kier alpha value is -0.680. The summed E-state index contributed by atoms with van der Waals surface area (Å²) in [4.78, 5) is 0. The van der Waals surface area contributed by atoms with Crippen molar-refractivity contribution in [3.05, 3.63) is 11.9 Å². The summed E-state index contributed by atoms with van der Waals surface area (Å²) in [6.07, 6.45) is 4.77. The van der Waals surface area contributed by atoms with Crippen LogP contribution in [0.2, 0.25) is 0 Å². The number of hydrogen-bond donors (Lipinski definition) is 1. The molecular formula is C10H19N3OS. The van der Waals surface area contributed by atoms with Crippen molar-refractivity contribution in [1.82, 2.24) is 9.78 Å². The van der Waals surface area contributed by atoms with Gasteiger partial charge < -0.3 is 10.5 Å². The van der Waals surface area contributed by atoms with Gasteiger partial charge in [-0.25, -0.2) is 0 Å². The number of ether oxygens (including phenoxy) is 1. The van der Waals surface area contributed by atoms with Crippen LogP contribution in [0.4, 0.5) is 0 Å². The lowest BCUT2D eigenvalue weighted by atomic mass is 10.1. The van der Waals surface area contributed by atoms with E-state index in [1.54, 1.807) is 25.1 Å². The minimum absolute atomic E-state index is 0.00912. The number of aromatic nitrogens is 2. The van der Waals surface area contributed by atoms with Gasteiger partial charge in [-0.15, -0.1) is 0 Å². The summed E-state index contributed by atoms with van der Waals surface area (Å²) < 4.78 is 7.17. The first kappa shape index (κ1) is 12.4. The molecule has 0 radical (unpaired) electrons. The highest BCUT2D eigenvalue weighted by atomic mass is 32.2. The second-order valence-corrected chi connectivity index (χ2v) is 4.29. The van der Waals surface area contributed by atoms with Gasteiger partial charge in [0.2, 0.25) is 0 Å². The maximum absolute atomic E-state index is 6.12. The lowest BCUT2D eigenvalue weighted by Crippen LogP contribution is -2.17. The zero-order chi connectivity index (χ0) is 11.3. The number of hydrogen-bond acceptors (Lipinski definition) is 4. The third-order valence-corrected chi connectivity index (χ3v) is 2.99. The van der Waals surface area contributed by atoms with E-state index in [1.165, 1.54) is 0 Å². The van der Waals surface area contributed by atoms with Crippen molar-refractivity contribution in [2.45, 2.75) is 25.9 Å². The molecule has 1 unspecified atom stereocenters. The summed E-state index contributed by atoms with van der Waals surface area (Å²) >= 11 is 1.80. The van der Waals surface area contributed by atoms with Gasteiger partial charge in [0.15, 0.2) is 5.75 Å². The molecule has 0 spiro atoms. The van der Waals surface area contributed by atoms with Gasteiger partial charge in [0, 0.05) is 6.54 Å². The molecule has 0 saturated heterocycles. The van der Waals surface area contributed by atoms with Crippen LogP contribution in [0, 0.1) is 0 Å². The monoisotopic (exact) mass is 229 g/mol. The first-order valence-electron chi connectivity index (χ1n) is 5.08. The highest BCUT2D eigenvalue weighted by molar-refractivity contribution is 7.98. The second kappa shape index (κ2) is 6.02. The van der Waals surface area contributed by atoms with Crippen molar-refractivity contribution in [3.63, 3.8) is 0 Å². The molecule has 0 aliphatic heterocycles. The molecule has 0 aromatic carbocycles. The molecule has 15 heavy (non-hydrogen) atoms. The predicted molar refractivity (Wildman–Crippen MR) is 64.4 cm³/mol. The second-order valence-electron chi connectivity index (χ2n) is 3.30. The van der Waals surface area contributed by atoms with E-state index in [9.17, 15) is 0 Å². The highest BCUT2D eigenvalue weighted by Gasteiger charge is 2.17. The Kier molecular flexibility index (Phi) is 4.98. The largest absolute Gasteiger partial charge is 0.493 e. The molecule has 4 nitrogen and oxygen atoms in total. The molecule has 86 valence electrons. The normalized spacial score (nSPS) is 12.8. The minimum atomic E-state index is 0.00912. The fourth-order valence-electron chi connectivity index (χ4n) is 1.54. The molecule has 0 aliphatic rings. The molecule has 1 aromatic heterocycles. The standard InChI is InChI=1S/C10H19N3OS/c1-4-13-10(8(11)5-6-15-3)9(14-2)7-12-13/h7-8H,4-6,11H2,1-3H3. The highest BCUT2D eigenvalue weighted by Crippen LogP contribution is 2.26. The molecule has 0 fully saturated rings. The topological polar surface area (TPSA) is 53.1 Å². The van der Waals surface area contributed by atoms with Crippen LogP contribution in [0.1, 0.15) is 25.1 Å². The summed E-state index contributed by atoms with van der Waals surface area (Å²) in [6.45, 7) is 2.88. The Morgan fingerprint density at radius 2 is 2.40 bits per heavy atom. The van der Waals surface area contributed by atoms with E-state index in [-0.39, 0.29) is 6.04 Å². The molecular weight excluding hydrogens is 210 g/mol. The maximum atomic E-state index is 6.12. The molecule has 1 heterocycles. The molecule has 1 atom stereocenters. The van der Waals surface area contributed by atoms with E-state index < -0.39 is 0 Å². The van der Waals surface area contributed by atoms with E-state index in [1.807, 2.05) is 4.68 Å². The molecule has 2 N–H and O–H groups in total. The van der Waals surface area contributed by atoms with Gasteiger partial charge in [0.25, 0.3) is 0 Å². The first-order valence-corrected chi connectivity index (χ1v) is 6.48. The number of aryl methyl sites for hydroxylation is 1. The van der Waals surface area contributed by atoms with Crippen molar-refractivity contribution >= 4 is 11.8 Å². The van der Waals surface area contributed by atoms with Crippen molar-refractivity contribution in [3.8, 4) is 5.75 Å². The van der Waals surface area contributed by atoms with Gasteiger partial charge in [-0.3, -0.25) is 4.68 Å². The van der Waals surface area contributed by atoms with E-state index in [4.69, 9.17) is 10.5 Å². The Bertz CT molecular complexity index is 279. The van der Waals surface area contributed by atoms with Gasteiger partial charge in [0.05, 0.1) is 25.0 Å². The van der Waals surface area contributed by atoms with Crippen LogP contribution in [0.15, 0.2) is 6.20 Å². The van der Waals surface area contributed by atoms with E-state index in [0.29, 0.717) is 0 Å². The van der Waals surface area contributed by atoms with Crippen molar-refractivity contribution in [1.29, 1.82) is 0 Å². The average molecular weight is 229 g/mol. The van der Waals surface area contributed by atoms with Crippen LogP contribution in [-0.4, -0.2) is 28.9 Å². The molecule has 0 aliphatic carbocycles. The fraction of sp³-hybridized carbons (Fsp3) is 0.700. The minimum Gasteiger partial charge on any atom is -0.493 e. The summed E-state index contributed by atoms with van der Waals surface area (Å²) in [5.74, 6) is 1.85. The average Bonchev–Trinajstić information content (AvgIpc) is 2.68. The third-order valence-electron chi connectivity index (χ3n) is 2.35.